The van der Waals surface area contributed by atoms with Crippen LogP contribution in [0.4, 0.5) is 11.4 Å². The van der Waals surface area contributed by atoms with Gasteiger partial charge in [0.2, 0.25) is 0 Å². The number of anilines is 2. The maximum atomic E-state index is 12.3. The van der Waals surface area contributed by atoms with Crippen molar-refractivity contribution in [3.05, 3.63) is 95.6 Å². The summed E-state index contributed by atoms with van der Waals surface area (Å²) < 4.78 is 4.63. The van der Waals surface area contributed by atoms with E-state index >= 15 is 0 Å². The molecule has 0 spiro atoms. The van der Waals surface area contributed by atoms with Crippen molar-refractivity contribution in [2.24, 2.45) is 0 Å². The number of ether oxygens (including phenoxy) is 1. The molecule has 0 atom stereocenters. The summed E-state index contributed by atoms with van der Waals surface area (Å²) in [5, 5.41) is 5.56. The Kier molecular flexibility index (Phi) is 5.81. The van der Waals surface area contributed by atoms with E-state index in [-0.39, 0.29) is 11.8 Å². The van der Waals surface area contributed by atoms with Crippen molar-refractivity contribution in [3.63, 3.8) is 0 Å². The number of hydrogen-bond donors (Lipinski definition) is 2. The molecule has 28 heavy (non-hydrogen) atoms. The van der Waals surface area contributed by atoms with Crippen molar-refractivity contribution < 1.29 is 19.1 Å². The van der Waals surface area contributed by atoms with Gasteiger partial charge in [0.15, 0.2) is 0 Å². The van der Waals surface area contributed by atoms with Gasteiger partial charge in [-0.25, -0.2) is 4.79 Å². The smallest absolute Gasteiger partial charge is 0.337 e. The van der Waals surface area contributed by atoms with Crippen LogP contribution in [0, 0.1) is 0 Å². The third kappa shape index (κ3) is 4.62. The molecule has 0 unspecified atom stereocenters. The molecule has 0 heterocycles. The molecule has 0 aliphatic carbocycles. The Morgan fingerprint density at radius 3 is 1.50 bits per heavy atom. The summed E-state index contributed by atoms with van der Waals surface area (Å²) in [6.07, 6.45) is 0. The minimum Gasteiger partial charge on any atom is -0.465 e. The first-order valence-corrected chi connectivity index (χ1v) is 8.53. The molecular formula is C22H18N2O4. The number of amides is 2. The highest BCUT2D eigenvalue weighted by Gasteiger charge is 2.10. The normalized spacial score (nSPS) is 10.0. The summed E-state index contributed by atoms with van der Waals surface area (Å²) in [5.41, 5.74) is 2.55. The first-order valence-electron chi connectivity index (χ1n) is 8.53. The fourth-order valence-electron chi connectivity index (χ4n) is 2.51. The molecule has 0 bridgehead atoms. The maximum Gasteiger partial charge on any atom is 0.337 e. The Hall–Kier alpha value is -3.93. The molecule has 0 aliphatic heterocycles. The van der Waals surface area contributed by atoms with E-state index in [0.717, 1.165) is 0 Å². The van der Waals surface area contributed by atoms with Crippen molar-refractivity contribution in [1.29, 1.82) is 0 Å². The van der Waals surface area contributed by atoms with Crippen LogP contribution in [-0.4, -0.2) is 24.9 Å². The average Bonchev–Trinajstić information content (AvgIpc) is 2.75. The highest BCUT2D eigenvalue weighted by molar-refractivity contribution is 6.06. The lowest BCUT2D eigenvalue weighted by Crippen LogP contribution is -2.13. The van der Waals surface area contributed by atoms with Crippen molar-refractivity contribution in [3.8, 4) is 0 Å². The van der Waals surface area contributed by atoms with Crippen LogP contribution in [0.3, 0.4) is 0 Å². The molecule has 2 amide bonds. The van der Waals surface area contributed by atoms with Gasteiger partial charge in [-0.15, -0.1) is 0 Å². The minimum atomic E-state index is -0.458. The van der Waals surface area contributed by atoms with Crippen LogP contribution >= 0.6 is 0 Å². The monoisotopic (exact) mass is 374 g/mol. The van der Waals surface area contributed by atoms with Gasteiger partial charge in [-0.05, 0) is 60.7 Å². The largest absolute Gasteiger partial charge is 0.465 e. The van der Waals surface area contributed by atoms with Gasteiger partial charge in [0.25, 0.3) is 11.8 Å². The van der Waals surface area contributed by atoms with Crippen LogP contribution < -0.4 is 10.6 Å². The molecule has 0 aliphatic rings. The van der Waals surface area contributed by atoms with E-state index in [2.05, 4.69) is 15.4 Å². The molecule has 3 rings (SSSR count). The quantitative estimate of drug-likeness (QED) is 0.662. The summed E-state index contributed by atoms with van der Waals surface area (Å²) in [7, 11) is 1.30. The summed E-state index contributed by atoms with van der Waals surface area (Å²) in [6.45, 7) is 0. The highest BCUT2D eigenvalue weighted by atomic mass is 16.5. The van der Waals surface area contributed by atoms with E-state index in [1.54, 1.807) is 60.7 Å². The second-order valence-corrected chi connectivity index (χ2v) is 5.92. The number of carbonyl (C=O) groups excluding carboxylic acids is 3. The standard InChI is InChI=1S/C22H18N2O4/c1-28-22(27)17-9-7-16(8-10-17)21(26)24-19-13-11-18(12-14-19)23-20(25)15-5-3-2-4-6-15/h2-14H,1H3,(H,23,25)(H,24,26). The predicted molar refractivity (Wildman–Crippen MR) is 107 cm³/mol. The zero-order chi connectivity index (χ0) is 19.9. The van der Waals surface area contributed by atoms with Crippen molar-refractivity contribution in [1.82, 2.24) is 0 Å². The van der Waals surface area contributed by atoms with Gasteiger partial charge in [-0.1, -0.05) is 18.2 Å². The fraction of sp³-hybridized carbons (Fsp3) is 0.0455. The number of rotatable bonds is 5. The third-order valence-electron chi connectivity index (χ3n) is 4.00. The molecule has 3 aromatic rings. The van der Waals surface area contributed by atoms with Gasteiger partial charge in [-0.2, -0.15) is 0 Å². The Morgan fingerprint density at radius 1 is 0.607 bits per heavy atom. The van der Waals surface area contributed by atoms with Gasteiger partial charge in [0, 0.05) is 22.5 Å². The zero-order valence-electron chi connectivity index (χ0n) is 15.1. The number of hydrogen-bond acceptors (Lipinski definition) is 4. The predicted octanol–water partition coefficient (Wildman–Crippen LogP) is 3.98. The maximum absolute atomic E-state index is 12.3. The highest BCUT2D eigenvalue weighted by Crippen LogP contribution is 2.16. The van der Waals surface area contributed by atoms with Gasteiger partial charge in [-0.3, -0.25) is 9.59 Å². The molecule has 0 saturated heterocycles. The van der Waals surface area contributed by atoms with Gasteiger partial charge in [0.05, 0.1) is 12.7 Å². The summed E-state index contributed by atoms with van der Waals surface area (Å²) >= 11 is 0. The van der Waals surface area contributed by atoms with E-state index in [1.165, 1.54) is 19.2 Å². The Bertz CT molecular complexity index is 981. The molecule has 140 valence electrons. The lowest BCUT2D eigenvalue weighted by Gasteiger charge is -2.08. The molecule has 0 radical (unpaired) electrons. The number of esters is 1. The van der Waals surface area contributed by atoms with Gasteiger partial charge >= 0.3 is 5.97 Å². The fourth-order valence-corrected chi connectivity index (χ4v) is 2.51. The summed E-state index contributed by atoms with van der Waals surface area (Å²) in [4.78, 5) is 35.9. The zero-order valence-corrected chi connectivity index (χ0v) is 15.1. The Balaban J connectivity index is 1.61. The second kappa shape index (κ2) is 8.64. The van der Waals surface area contributed by atoms with E-state index < -0.39 is 5.97 Å². The number of carbonyl (C=O) groups is 3. The minimum absolute atomic E-state index is 0.205. The van der Waals surface area contributed by atoms with Gasteiger partial charge < -0.3 is 15.4 Å². The van der Waals surface area contributed by atoms with Crippen LogP contribution in [0.2, 0.25) is 0 Å². The van der Waals surface area contributed by atoms with Gasteiger partial charge in [0.1, 0.15) is 0 Å². The molecule has 3 aromatic carbocycles. The topological polar surface area (TPSA) is 84.5 Å². The first kappa shape index (κ1) is 18.8. The number of nitrogens with one attached hydrogen (secondary N) is 2. The molecule has 0 saturated carbocycles. The average molecular weight is 374 g/mol. The van der Waals surface area contributed by atoms with Crippen LogP contribution in [-0.2, 0) is 4.74 Å². The molecule has 6 nitrogen and oxygen atoms in total. The van der Waals surface area contributed by atoms with Crippen LogP contribution in [0.25, 0.3) is 0 Å². The van der Waals surface area contributed by atoms with Crippen LogP contribution in [0.5, 0.6) is 0 Å². The van der Waals surface area contributed by atoms with E-state index in [1.807, 2.05) is 6.07 Å². The van der Waals surface area contributed by atoms with Crippen molar-refractivity contribution >= 4 is 29.2 Å². The lowest BCUT2D eigenvalue weighted by molar-refractivity contribution is 0.0600. The van der Waals surface area contributed by atoms with E-state index in [4.69, 9.17) is 0 Å². The number of benzene rings is 3. The molecule has 0 fully saturated rings. The molecule has 6 heteroatoms. The van der Waals surface area contributed by atoms with Crippen LogP contribution in [0.15, 0.2) is 78.9 Å². The summed E-state index contributed by atoms with van der Waals surface area (Å²) in [5.74, 6) is -0.972. The first-order chi connectivity index (χ1) is 13.6. The second-order valence-electron chi connectivity index (χ2n) is 5.92. The van der Waals surface area contributed by atoms with Crippen LogP contribution in [0.1, 0.15) is 31.1 Å². The SMILES string of the molecule is COC(=O)c1ccc(C(=O)Nc2ccc(NC(=O)c3ccccc3)cc2)cc1. The third-order valence-corrected chi connectivity index (χ3v) is 4.00. The summed E-state index contributed by atoms with van der Waals surface area (Å²) in [6, 6.07) is 21.9. The van der Waals surface area contributed by atoms with Crippen molar-refractivity contribution in [2.75, 3.05) is 17.7 Å². The molecular weight excluding hydrogens is 356 g/mol. The molecule has 2 N–H and O–H groups in total. The van der Waals surface area contributed by atoms with Crippen molar-refractivity contribution in [2.45, 2.75) is 0 Å². The van der Waals surface area contributed by atoms with E-state index in [0.29, 0.717) is 28.1 Å². The number of methoxy groups -OCH3 is 1. The Morgan fingerprint density at radius 2 is 1.04 bits per heavy atom. The molecule has 0 aromatic heterocycles. The lowest BCUT2D eigenvalue weighted by atomic mass is 10.1. The Labute approximate surface area is 162 Å². The van der Waals surface area contributed by atoms with E-state index in [9.17, 15) is 14.4 Å².